The van der Waals surface area contributed by atoms with E-state index in [-0.39, 0.29) is 5.78 Å². The topological polar surface area (TPSA) is 38.1 Å². The Hall–Kier alpha value is -1.16. The van der Waals surface area contributed by atoms with Crippen molar-refractivity contribution in [3.05, 3.63) is 17.5 Å². The van der Waals surface area contributed by atoms with Crippen molar-refractivity contribution in [2.24, 2.45) is 7.05 Å². The van der Waals surface area contributed by atoms with Crippen molar-refractivity contribution in [1.82, 2.24) is 14.7 Å². The average molecular weight is 181 g/mol. The SMILES string of the molecule is Cc1cnn(C)c1C(=O)CN(C)C. The maximum absolute atomic E-state index is 11.7. The van der Waals surface area contributed by atoms with Gasteiger partial charge in [-0.05, 0) is 26.6 Å². The lowest BCUT2D eigenvalue weighted by Gasteiger charge is -2.08. The van der Waals surface area contributed by atoms with E-state index in [2.05, 4.69) is 5.10 Å². The quantitative estimate of drug-likeness (QED) is 0.636. The molecule has 0 bridgehead atoms. The fraction of sp³-hybridized carbons (Fsp3) is 0.556. The molecule has 0 unspecified atom stereocenters. The van der Waals surface area contributed by atoms with Crippen molar-refractivity contribution in [3.8, 4) is 0 Å². The Balaban J connectivity index is 2.88. The Labute approximate surface area is 78.1 Å². The highest BCUT2D eigenvalue weighted by Crippen LogP contribution is 2.06. The van der Waals surface area contributed by atoms with Crippen LogP contribution in [0.3, 0.4) is 0 Å². The minimum Gasteiger partial charge on any atom is -0.302 e. The van der Waals surface area contributed by atoms with Gasteiger partial charge in [0.05, 0.1) is 12.7 Å². The number of carbonyl (C=O) groups is 1. The molecule has 0 aliphatic carbocycles. The zero-order valence-corrected chi connectivity index (χ0v) is 8.53. The van der Waals surface area contributed by atoms with E-state index in [9.17, 15) is 4.79 Å². The van der Waals surface area contributed by atoms with Crippen LogP contribution in [0.1, 0.15) is 16.1 Å². The van der Waals surface area contributed by atoms with Gasteiger partial charge in [-0.15, -0.1) is 0 Å². The van der Waals surface area contributed by atoms with E-state index in [0.29, 0.717) is 12.2 Å². The number of hydrogen-bond donors (Lipinski definition) is 0. The first-order valence-electron chi connectivity index (χ1n) is 4.19. The summed E-state index contributed by atoms with van der Waals surface area (Å²) in [5, 5.41) is 4.02. The molecular weight excluding hydrogens is 166 g/mol. The Morgan fingerprint density at radius 3 is 2.62 bits per heavy atom. The van der Waals surface area contributed by atoms with E-state index >= 15 is 0 Å². The molecule has 13 heavy (non-hydrogen) atoms. The highest BCUT2D eigenvalue weighted by atomic mass is 16.1. The monoisotopic (exact) mass is 181 g/mol. The molecule has 0 aliphatic heterocycles. The van der Waals surface area contributed by atoms with Crippen LogP contribution in [0.5, 0.6) is 0 Å². The number of Topliss-reactive ketones (excluding diaryl/α,β-unsaturated/α-hetero) is 1. The van der Waals surface area contributed by atoms with Crippen molar-refractivity contribution >= 4 is 5.78 Å². The molecular formula is C9H15N3O. The first-order chi connectivity index (χ1) is 6.02. The maximum Gasteiger partial charge on any atom is 0.195 e. The van der Waals surface area contributed by atoms with Gasteiger partial charge in [0.2, 0.25) is 0 Å². The molecule has 4 nitrogen and oxygen atoms in total. The van der Waals surface area contributed by atoms with Crippen molar-refractivity contribution in [2.45, 2.75) is 6.92 Å². The first kappa shape index (κ1) is 9.92. The minimum atomic E-state index is 0.113. The largest absolute Gasteiger partial charge is 0.302 e. The van der Waals surface area contributed by atoms with Gasteiger partial charge in [-0.2, -0.15) is 5.10 Å². The Morgan fingerprint density at radius 2 is 2.23 bits per heavy atom. The fourth-order valence-electron chi connectivity index (χ4n) is 1.31. The number of nitrogens with zero attached hydrogens (tertiary/aromatic N) is 3. The fourth-order valence-corrected chi connectivity index (χ4v) is 1.31. The number of likely N-dealkylation sites (N-methyl/N-ethyl adjacent to an activating group) is 1. The maximum atomic E-state index is 11.7. The van der Waals surface area contributed by atoms with Gasteiger partial charge in [-0.1, -0.05) is 0 Å². The van der Waals surface area contributed by atoms with E-state index in [0.717, 1.165) is 5.56 Å². The number of ketones is 1. The molecule has 1 heterocycles. The van der Waals surface area contributed by atoms with E-state index in [1.54, 1.807) is 17.9 Å². The molecule has 0 fully saturated rings. The molecule has 0 saturated heterocycles. The van der Waals surface area contributed by atoms with Crippen LogP contribution in [0.15, 0.2) is 6.20 Å². The van der Waals surface area contributed by atoms with Crippen molar-refractivity contribution in [2.75, 3.05) is 20.6 Å². The van der Waals surface area contributed by atoms with Gasteiger partial charge in [-0.3, -0.25) is 9.48 Å². The average Bonchev–Trinajstić information content (AvgIpc) is 2.29. The Bertz CT molecular complexity index is 295. The molecule has 72 valence electrons. The lowest BCUT2D eigenvalue weighted by molar-refractivity contribution is 0.0948. The van der Waals surface area contributed by atoms with Crippen LogP contribution in [-0.2, 0) is 7.05 Å². The molecule has 0 amide bonds. The summed E-state index contributed by atoms with van der Waals surface area (Å²) in [5.41, 5.74) is 1.64. The van der Waals surface area contributed by atoms with E-state index < -0.39 is 0 Å². The molecule has 0 radical (unpaired) electrons. The van der Waals surface area contributed by atoms with Crippen LogP contribution >= 0.6 is 0 Å². The van der Waals surface area contributed by atoms with Crippen molar-refractivity contribution < 1.29 is 4.79 Å². The molecule has 0 saturated carbocycles. The summed E-state index contributed by atoms with van der Waals surface area (Å²) in [5.74, 6) is 0.113. The van der Waals surface area contributed by atoms with Crippen molar-refractivity contribution in [1.29, 1.82) is 0 Å². The smallest absolute Gasteiger partial charge is 0.195 e. The first-order valence-corrected chi connectivity index (χ1v) is 4.19. The van der Waals surface area contributed by atoms with Gasteiger partial charge in [-0.25, -0.2) is 0 Å². The van der Waals surface area contributed by atoms with Gasteiger partial charge in [0.1, 0.15) is 5.69 Å². The summed E-state index contributed by atoms with van der Waals surface area (Å²) < 4.78 is 1.63. The molecule has 0 aromatic carbocycles. The second-order valence-corrected chi connectivity index (χ2v) is 3.46. The van der Waals surface area contributed by atoms with Crippen LogP contribution in [-0.4, -0.2) is 41.1 Å². The van der Waals surface area contributed by atoms with Crippen LogP contribution in [0.25, 0.3) is 0 Å². The third-order valence-corrected chi connectivity index (χ3v) is 1.85. The summed E-state index contributed by atoms with van der Waals surface area (Å²) in [6, 6.07) is 0. The zero-order chi connectivity index (χ0) is 10.0. The molecule has 1 rings (SSSR count). The number of aryl methyl sites for hydroxylation is 2. The molecule has 0 spiro atoms. The highest BCUT2D eigenvalue weighted by Gasteiger charge is 2.14. The van der Waals surface area contributed by atoms with E-state index in [1.165, 1.54) is 0 Å². The number of hydrogen-bond acceptors (Lipinski definition) is 3. The predicted octanol–water partition coefficient (Wildman–Crippen LogP) is 0.473. The summed E-state index contributed by atoms with van der Waals surface area (Å²) in [6.45, 7) is 2.33. The second kappa shape index (κ2) is 3.70. The lowest BCUT2D eigenvalue weighted by atomic mass is 10.2. The van der Waals surface area contributed by atoms with Gasteiger partial charge in [0.15, 0.2) is 5.78 Å². The van der Waals surface area contributed by atoms with E-state index in [4.69, 9.17) is 0 Å². The summed E-state index contributed by atoms with van der Waals surface area (Å²) in [6.07, 6.45) is 1.71. The minimum absolute atomic E-state index is 0.113. The second-order valence-electron chi connectivity index (χ2n) is 3.46. The third-order valence-electron chi connectivity index (χ3n) is 1.85. The number of carbonyl (C=O) groups excluding carboxylic acids is 1. The molecule has 0 atom stereocenters. The number of aromatic nitrogens is 2. The molecule has 0 N–H and O–H groups in total. The molecule has 4 heteroatoms. The summed E-state index contributed by atoms with van der Waals surface area (Å²) >= 11 is 0. The molecule has 0 aliphatic rings. The predicted molar refractivity (Wildman–Crippen MR) is 50.8 cm³/mol. The standard InChI is InChI=1S/C9H15N3O/c1-7-5-10-12(4)9(7)8(13)6-11(2)3/h5H,6H2,1-4H3. The van der Waals surface area contributed by atoms with Gasteiger partial charge < -0.3 is 4.90 Å². The summed E-state index contributed by atoms with van der Waals surface area (Å²) in [4.78, 5) is 13.5. The van der Waals surface area contributed by atoms with Gasteiger partial charge in [0, 0.05) is 7.05 Å². The zero-order valence-electron chi connectivity index (χ0n) is 8.53. The van der Waals surface area contributed by atoms with Crippen LogP contribution in [0.4, 0.5) is 0 Å². The van der Waals surface area contributed by atoms with Crippen molar-refractivity contribution in [3.63, 3.8) is 0 Å². The highest BCUT2D eigenvalue weighted by molar-refractivity contribution is 5.97. The van der Waals surface area contributed by atoms with E-state index in [1.807, 2.05) is 25.9 Å². The van der Waals surface area contributed by atoms with Gasteiger partial charge in [0.25, 0.3) is 0 Å². The molecule has 1 aromatic heterocycles. The van der Waals surface area contributed by atoms with Crippen LogP contribution in [0, 0.1) is 6.92 Å². The lowest BCUT2D eigenvalue weighted by Crippen LogP contribution is -2.24. The van der Waals surface area contributed by atoms with Crippen LogP contribution < -0.4 is 0 Å². The van der Waals surface area contributed by atoms with Crippen LogP contribution in [0.2, 0.25) is 0 Å². The Kier molecular flexibility index (Phi) is 2.83. The third kappa shape index (κ3) is 2.15. The number of rotatable bonds is 3. The normalized spacial score (nSPS) is 10.8. The Morgan fingerprint density at radius 1 is 1.62 bits per heavy atom. The van der Waals surface area contributed by atoms with Gasteiger partial charge >= 0.3 is 0 Å². The summed E-state index contributed by atoms with van der Waals surface area (Å²) in [7, 11) is 5.54. The molecule has 1 aromatic rings.